The van der Waals surface area contributed by atoms with Gasteiger partial charge in [0.1, 0.15) is 42.0 Å². The molecule has 0 fully saturated rings. The van der Waals surface area contributed by atoms with Crippen LogP contribution in [0.2, 0.25) is 0 Å². The van der Waals surface area contributed by atoms with E-state index in [0.717, 1.165) is 6.92 Å². The summed E-state index contributed by atoms with van der Waals surface area (Å²) < 4.78 is 0. The van der Waals surface area contributed by atoms with Gasteiger partial charge in [-0.2, -0.15) is 0 Å². The molecule has 0 spiro atoms. The number of nitrogens with two attached hydrogens (primary N) is 1. The number of aliphatic hydroxyl groups excluding tert-OH is 4. The minimum absolute atomic E-state index is 0.0817. The van der Waals surface area contributed by atoms with Crippen molar-refractivity contribution in [3.63, 3.8) is 0 Å². The maximum absolute atomic E-state index is 12.9. The Hall–Kier alpha value is -5.42. The van der Waals surface area contributed by atoms with E-state index < -0.39 is 123 Å². The van der Waals surface area contributed by atoms with Gasteiger partial charge in [-0.3, -0.25) is 33.6 Å². The average Bonchev–Trinajstić information content (AvgIpc) is 3.06. The summed E-state index contributed by atoms with van der Waals surface area (Å²) in [5.74, 6) is -10.0. The third kappa shape index (κ3) is 14.4. The topological polar surface area (TPSA) is 376 Å². The third-order valence-electron chi connectivity index (χ3n) is 6.67. The number of aliphatic hydroxyl groups is 4. The first-order valence-corrected chi connectivity index (χ1v) is 14.7. The van der Waals surface area contributed by atoms with Crippen LogP contribution in [0.25, 0.3) is 0 Å². The van der Waals surface area contributed by atoms with Crippen molar-refractivity contribution in [1.29, 1.82) is 0 Å². The van der Waals surface area contributed by atoms with Crippen molar-refractivity contribution in [3.05, 3.63) is 29.8 Å². The highest BCUT2D eigenvalue weighted by Crippen LogP contribution is 2.12. The molecule has 0 unspecified atom stereocenters. The van der Waals surface area contributed by atoms with E-state index in [4.69, 9.17) is 15.9 Å². The Morgan fingerprint density at radius 1 is 0.680 bits per heavy atom. The van der Waals surface area contributed by atoms with Gasteiger partial charge in [-0.05, 0) is 24.6 Å². The highest BCUT2D eigenvalue weighted by molar-refractivity contribution is 5.97. The summed E-state index contributed by atoms with van der Waals surface area (Å²) in [6, 6.07) is -4.72. The molecule has 0 aliphatic heterocycles. The first-order chi connectivity index (χ1) is 23.4. The van der Waals surface area contributed by atoms with E-state index in [-0.39, 0.29) is 12.2 Å². The summed E-state index contributed by atoms with van der Waals surface area (Å²) in [7, 11) is 0. The maximum Gasteiger partial charge on any atom is 0.326 e. The van der Waals surface area contributed by atoms with E-state index in [1.807, 2.05) is 21.3 Å². The highest BCUT2D eigenvalue weighted by atomic mass is 16.4. The largest absolute Gasteiger partial charge is 0.508 e. The van der Waals surface area contributed by atoms with Gasteiger partial charge in [0.25, 0.3) is 0 Å². The zero-order valence-electron chi connectivity index (χ0n) is 26.6. The van der Waals surface area contributed by atoms with Crippen LogP contribution in [0.3, 0.4) is 0 Å². The number of carbonyl (C=O) groups is 8. The number of amides is 6. The zero-order chi connectivity index (χ0) is 38.1. The molecule has 0 aliphatic rings. The molecule has 22 heteroatoms. The molecule has 15 N–H and O–H groups in total. The van der Waals surface area contributed by atoms with Gasteiger partial charge >= 0.3 is 11.9 Å². The molecule has 0 saturated heterocycles. The molecule has 0 saturated carbocycles. The number of rotatable bonds is 21. The molecule has 7 atom stereocenters. The molecule has 0 bridgehead atoms. The number of nitrogens with one attached hydrogen (secondary N) is 6. The van der Waals surface area contributed by atoms with E-state index in [1.54, 1.807) is 0 Å². The number of hydrogen-bond donors (Lipinski definition) is 14. The lowest BCUT2D eigenvalue weighted by atomic mass is 10.0. The molecular formula is C28H41N7O15. The number of aliphatic carboxylic acids is 2. The summed E-state index contributed by atoms with van der Waals surface area (Å²) in [6.07, 6.45) is -2.79. The fraction of sp³-hybridized carbons (Fsp3) is 0.500. The van der Waals surface area contributed by atoms with Gasteiger partial charge in [-0.1, -0.05) is 12.1 Å². The minimum Gasteiger partial charge on any atom is -0.508 e. The lowest BCUT2D eigenvalue weighted by Crippen LogP contribution is -2.61. The van der Waals surface area contributed by atoms with Gasteiger partial charge in [0, 0.05) is 6.42 Å². The standard InChI is InChI=1S/C28H41N7O15/c1-12(39)22(27(48)33-17(28(49)50)6-13-2-4-14(40)5-3-13)35-26(47)19(11-38)34-25(46)18(10-37)31-20(41)8-30-24(45)16(7-21(42)43)32-23(44)15(29)9-36/h2-5,12,15-19,22,36-40H,6-11,29H2,1H3,(H,30,45)(H,31,41)(H,32,44)(H,33,48)(H,34,46)(H,35,47)(H,42,43)(H,49,50)/t12-,15+,16+,17+,18+,19+,22+/m1/s1. The van der Waals surface area contributed by atoms with Crippen LogP contribution in [-0.4, -0.2) is 152 Å². The summed E-state index contributed by atoms with van der Waals surface area (Å²) in [5.41, 5.74) is 5.74. The molecule has 1 aromatic carbocycles. The summed E-state index contributed by atoms with van der Waals surface area (Å²) in [6.45, 7) is -2.79. The van der Waals surface area contributed by atoms with Gasteiger partial charge in [-0.25, -0.2) is 4.79 Å². The smallest absolute Gasteiger partial charge is 0.326 e. The molecule has 0 radical (unpaired) electrons. The molecule has 6 amide bonds. The van der Waals surface area contributed by atoms with Crippen LogP contribution in [0.15, 0.2) is 24.3 Å². The van der Waals surface area contributed by atoms with Crippen molar-refractivity contribution in [3.8, 4) is 5.75 Å². The Morgan fingerprint density at radius 3 is 1.70 bits per heavy atom. The number of aromatic hydroxyl groups is 1. The number of phenols is 1. The minimum atomic E-state index is -1.83. The molecule has 22 nitrogen and oxygen atoms in total. The summed E-state index contributed by atoms with van der Waals surface area (Å²) in [4.78, 5) is 97.9. The summed E-state index contributed by atoms with van der Waals surface area (Å²) >= 11 is 0. The van der Waals surface area contributed by atoms with E-state index in [9.17, 15) is 63.9 Å². The normalized spacial score (nSPS) is 15.0. The van der Waals surface area contributed by atoms with Crippen LogP contribution >= 0.6 is 0 Å². The highest BCUT2D eigenvalue weighted by Gasteiger charge is 2.33. The van der Waals surface area contributed by atoms with E-state index >= 15 is 0 Å². The number of hydrogen-bond acceptors (Lipinski definition) is 14. The fourth-order valence-corrected chi connectivity index (χ4v) is 3.93. The second kappa shape index (κ2) is 20.8. The number of carboxylic acid groups (broad SMARTS) is 2. The molecule has 278 valence electrons. The molecule has 50 heavy (non-hydrogen) atoms. The number of carbonyl (C=O) groups excluding carboxylic acids is 6. The van der Waals surface area contributed by atoms with Crippen molar-refractivity contribution in [2.45, 2.75) is 62.1 Å². The van der Waals surface area contributed by atoms with E-state index in [0.29, 0.717) is 5.56 Å². The number of benzene rings is 1. The van der Waals surface area contributed by atoms with Crippen molar-refractivity contribution >= 4 is 47.4 Å². The van der Waals surface area contributed by atoms with Crippen LogP contribution in [0, 0.1) is 0 Å². The second-order valence-corrected chi connectivity index (χ2v) is 10.7. The Morgan fingerprint density at radius 2 is 1.20 bits per heavy atom. The van der Waals surface area contributed by atoms with E-state index in [2.05, 4.69) is 10.6 Å². The van der Waals surface area contributed by atoms with Crippen LogP contribution < -0.4 is 37.6 Å². The molecule has 0 heterocycles. The number of phenolic OH excluding ortho intramolecular Hbond substituents is 1. The SMILES string of the molecule is C[C@@H](O)[C@H](NC(=O)[C@H](CO)NC(=O)[C@H](CO)NC(=O)CNC(=O)[C@H](CC(=O)O)NC(=O)[C@@H](N)CO)C(=O)N[C@@H](Cc1ccc(O)cc1)C(=O)O. The first kappa shape index (κ1) is 42.6. The molecule has 1 aromatic rings. The lowest BCUT2D eigenvalue weighted by Gasteiger charge is -2.26. The van der Waals surface area contributed by atoms with Crippen LogP contribution in [-0.2, 0) is 44.8 Å². The van der Waals surface area contributed by atoms with Crippen molar-refractivity contribution < 1.29 is 74.1 Å². The zero-order valence-corrected chi connectivity index (χ0v) is 26.6. The Bertz CT molecular complexity index is 1380. The van der Waals surface area contributed by atoms with Crippen LogP contribution in [0.4, 0.5) is 0 Å². The van der Waals surface area contributed by atoms with Crippen molar-refractivity contribution in [1.82, 2.24) is 31.9 Å². The Balaban J connectivity index is 2.85. The van der Waals surface area contributed by atoms with Crippen molar-refractivity contribution in [2.24, 2.45) is 5.73 Å². The molecular weight excluding hydrogens is 674 g/mol. The Labute approximate surface area is 283 Å². The first-order valence-electron chi connectivity index (χ1n) is 14.7. The monoisotopic (exact) mass is 715 g/mol. The van der Waals surface area contributed by atoms with Crippen LogP contribution in [0.1, 0.15) is 18.9 Å². The van der Waals surface area contributed by atoms with Gasteiger partial charge in [0.05, 0.1) is 38.9 Å². The summed E-state index contributed by atoms with van der Waals surface area (Å²) in [5, 5.41) is 78.7. The molecule has 0 aliphatic carbocycles. The van der Waals surface area contributed by atoms with Gasteiger partial charge in [0.15, 0.2) is 0 Å². The lowest BCUT2D eigenvalue weighted by molar-refractivity contribution is -0.143. The second-order valence-electron chi connectivity index (χ2n) is 10.7. The predicted molar refractivity (Wildman–Crippen MR) is 165 cm³/mol. The predicted octanol–water partition coefficient (Wildman–Crippen LogP) is -7.28. The molecule has 0 aromatic heterocycles. The van der Waals surface area contributed by atoms with Gasteiger partial charge < -0.3 is 73.4 Å². The Kier molecular flexibility index (Phi) is 17.8. The quantitative estimate of drug-likeness (QED) is 0.0562. The van der Waals surface area contributed by atoms with E-state index in [1.165, 1.54) is 24.3 Å². The average molecular weight is 716 g/mol. The van der Waals surface area contributed by atoms with Gasteiger partial charge in [-0.15, -0.1) is 0 Å². The van der Waals surface area contributed by atoms with Gasteiger partial charge in [0.2, 0.25) is 35.4 Å². The number of carboxylic acids is 2. The van der Waals surface area contributed by atoms with Crippen molar-refractivity contribution in [2.75, 3.05) is 26.4 Å². The molecule has 1 rings (SSSR count). The maximum atomic E-state index is 12.9. The van der Waals surface area contributed by atoms with Crippen LogP contribution in [0.5, 0.6) is 5.75 Å². The third-order valence-corrected chi connectivity index (χ3v) is 6.67. The fourth-order valence-electron chi connectivity index (χ4n) is 3.93.